The van der Waals surface area contributed by atoms with E-state index in [1.807, 2.05) is 12.4 Å². The van der Waals surface area contributed by atoms with Crippen LogP contribution in [0.15, 0.2) is 42.7 Å². The highest BCUT2D eigenvalue weighted by Gasteiger charge is 2.18. The van der Waals surface area contributed by atoms with Crippen molar-refractivity contribution in [3.63, 3.8) is 0 Å². The van der Waals surface area contributed by atoms with Gasteiger partial charge in [0.15, 0.2) is 0 Å². The lowest BCUT2D eigenvalue weighted by atomic mass is 10.1. The minimum Gasteiger partial charge on any atom is -0.369 e. The third-order valence-corrected chi connectivity index (χ3v) is 8.09. The summed E-state index contributed by atoms with van der Waals surface area (Å²) in [6.07, 6.45) is 10.8. The van der Waals surface area contributed by atoms with E-state index < -0.39 is 0 Å². The van der Waals surface area contributed by atoms with Gasteiger partial charge in [0, 0.05) is 43.2 Å². The van der Waals surface area contributed by atoms with Gasteiger partial charge in [-0.1, -0.05) is 24.3 Å². The van der Waals surface area contributed by atoms with Crippen molar-refractivity contribution >= 4 is 39.1 Å². The zero-order chi connectivity index (χ0) is 24.3. The normalized spacial score (nSPS) is 15.8. The first-order valence-electron chi connectivity index (χ1n) is 13.2. The SMILES string of the molecule is Cc1cc2c(NCCCc3ccc(-c4cnc(N5CCCC5)cn4)cc3)nc(N3CCCC3)nc2s1. The predicted molar refractivity (Wildman–Crippen MR) is 149 cm³/mol. The third-order valence-electron chi connectivity index (χ3n) is 7.15. The summed E-state index contributed by atoms with van der Waals surface area (Å²) < 4.78 is 0. The Morgan fingerprint density at radius 1 is 0.889 bits per heavy atom. The van der Waals surface area contributed by atoms with Crippen LogP contribution in [0.4, 0.5) is 17.6 Å². The van der Waals surface area contributed by atoms with Crippen LogP contribution in [0, 0.1) is 6.92 Å². The summed E-state index contributed by atoms with van der Waals surface area (Å²) >= 11 is 1.75. The summed E-state index contributed by atoms with van der Waals surface area (Å²) in [5.74, 6) is 2.83. The lowest BCUT2D eigenvalue weighted by molar-refractivity contribution is 0.855. The maximum absolute atomic E-state index is 4.91. The Morgan fingerprint density at radius 2 is 1.64 bits per heavy atom. The Bertz CT molecular complexity index is 1300. The number of aromatic nitrogens is 4. The van der Waals surface area contributed by atoms with Gasteiger partial charge in [-0.05, 0) is 57.1 Å². The Labute approximate surface area is 216 Å². The van der Waals surface area contributed by atoms with Crippen LogP contribution in [0.5, 0.6) is 0 Å². The number of nitrogens with one attached hydrogen (secondary N) is 1. The molecule has 0 amide bonds. The van der Waals surface area contributed by atoms with Crippen LogP contribution < -0.4 is 15.1 Å². The molecule has 4 aromatic rings. The number of hydrogen-bond acceptors (Lipinski definition) is 8. The number of fused-ring (bicyclic) bond motifs is 1. The maximum Gasteiger partial charge on any atom is 0.228 e. The number of aryl methyl sites for hydroxylation is 2. The number of hydrogen-bond donors (Lipinski definition) is 1. The molecule has 2 aliphatic rings. The van der Waals surface area contributed by atoms with Crippen LogP contribution in [0.2, 0.25) is 0 Å². The van der Waals surface area contributed by atoms with Gasteiger partial charge in [0.05, 0.1) is 23.5 Å². The van der Waals surface area contributed by atoms with Gasteiger partial charge in [-0.2, -0.15) is 4.98 Å². The summed E-state index contributed by atoms with van der Waals surface area (Å²) in [5, 5.41) is 4.75. The van der Waals surface area contributed by atoms with Crippen molar-refractivity contribution in [1.82, 2.24) is 19.9 Å². The summed E-state index contributed by atoms with van der Waals surface area (Å²) in [5.41, 5.74) is 3.38. The van der Waals surface area contributed by atoms with Crippen LogP contribution in [0.1, 0.15) is 42.5 Å². The third kappa shape index (κ3) is 5.00. The molecule has 0 atom stereocenters. The van der Waals surface area contributed by atoms with Crippen LogP contribution in [-0.2, 0) is 6.42 Å². The second-order valence-electron chi connectivity index (χ2n) is 9.82. The summed E-state index contributed by atoms with van der Waals surface area (Å²) in [6.45, 7) is 7.31. The molecule has 1 aromatic carbocycles. The van der Waals surface area contributed by atoms with E-state index in [0.29, 0.717) is 0 Å². The van der Waals surface area contributed by atoms with Crippen molar-refractivity contribution in [2.75, 3.05) is 47.8 Å². The average Bonchev–Trinajstić information content (AvgIpc) is 3.69. The van der Waals surface area contributed by atoms with Crippen molar-refractivity contribution < 1.29 is 0 Å². The fourth-order valence-electron chi connectivity index (χ4n) is 5.15. The maximum atomic E-state index is 4.91. The molecule has 5 heterocycles. The molecular weight excluding hydrogens is 466 g/mol. The number of rotatable bonds is 8. The van der Waals surface area contributed by atoms with E-state index in [-0.39, 0.29) is 0 Å². The molecule has 8 heteroatoms. The standard InChI is InChI=1S/C28H33N7S/c1-20-17-23-26(32-28(33-27(23)36-20)35-15-4-5-16-35)29-12-6-7-21-8-10-22(11-9-21)24-18-31-25(19-30-24)34-13-2-3-14-34/h8-11,17-19H,2-7,12-16H2,1H3,(H,29,32,33). The second kappa shape index (κ2) is 10.4. The van der Waals surface area contributed by atoms with E-state index in [9.17, 15) is 0 Å². The van der Waals surface area contributed by atoms with E-state index in [4.69, 9.17) is 9.97 Å². The van der Waals surface area contributed by atoms with Gasteiger partial charge in [-0.25, -0.2) is 9.97 Å². The molecule has 2 fully saturated rings. The minimum atomic E-state index is 0.872. The molecule has 7 nitrogen and oxygen atoms in total. The molecule has 1 N–H and O–H groups in total. The zero-order valence-corrected chi connectivity index (χ0v) is 21.7. The Hall–Kier alpha value is -3.26. The van der Waals surface area contributed by atoms with Gasteiger partial charge >= 0.3 is 0 Å². The topological polar surface area (TPSA) is 70.1 Å². The zero-order valence-electron chi connectivity index (χ0n) is 20.9. The van der Waals surface area contributed by atoms with Gasteiger partial charge in [0.25, 0.3) is 0 Å². The number of anilines is 3. The smallest absolute Gasteiger partial charge is 0.228 e. The first-order chi connectivity index (χ1) is 17.7. The van der Waals surface area contributed by atoms with Gasteiger partial charge in [0.2, 0.25) is 5.95 Å². The highest BCUT2D eigenvalue weighted by atomic mass is 32.1. The number of thiophene rings is 1. The molecular formula is C28H33N7S. The van der Waals surface area contributed by atoms with Crippen molar-refractivity contribution in [3.05, 3.63) is 53.2 Å². The second-order valence-corrected chi connectivity index (χ2v) is 11.1. The Morgan fingerprint density at radius 3 is 2.36 bits per heavy atom. The molecule has 6 rings (SSSR count). The van der Waals surface area contributed by atoms with Gasteiger partial charge in [0.1, 0.15) is 16.5 Å². The Balaban J connectivity index is 1.06. The molecule has 186 valence electrons. The predicted octanol–water partition coefficient (Wildman–Crippen LogP) is 5.70. The summed E-state index contributed by atoms with van der Waals surface area (Å²) in [4.78, 5) is 26.1. The largest absolute Gasteiger partial charge is 0.369 e. The average molecular weight is 500 g/mol. The van der Waals surface area contributed by atoms with Crippen molar-refractivity contribution in [1.29, 1.82) is 0 Å². The molecule has 3 aromatic heterocycles. The van der Waals surface area contributed by atoms with Crippen molar-refractivity contribution in [2.24, 2.45) is 0 Å². The molecule has 0 unspecified atom stereocenters. The van der Waals surface area contributed by atoms with Crippen LogP contribution >= 0.6 is 11.3 Å². The van der Waals surface area contributed by atoms with E-state index in [1.165, 1.54) is 36.1 Å². The van der Waals surface area contributed by atoms with E-state index in [0.717, 1.165) is 84.6 Å². The Kier molecular flexibility index (Phi) is 6.68. The molecule has 0 saturated carbocycles. The summed E-state index contributed by atoms with van der Waals surface area (Å²) in [6, 6.07) is 10.9. The molecule has 0 spiro atoms. The van der Waals surface area contributed by atoms with Crippen LogP contribution in [0.3, 0.4) is 0 Å². The highest BCUT2D eigenvalue weighted by Crippen LogP contribution is 2.31. The van der Waals surface area contributed by atoms with E-state index in [1.54, 1.807) is 11.3 Å². The molecule has 0 bridgehead atoms. The summed E-state index contributed by atoms with van der Waals surface area (Å²) in [7, 11) is 0. The molecule has 2 saturated heterocycles. The van der Waals surface area contributed by atoms with Crippen molar-refractivity contribution in [3.8, 4) is 11.3 Å². The van der Waals surface area contributed by atoms with Gasteiger partial charge in [-0.15, -0.1) is 11.3 Å². The quantitative estimate of drug-likeness (QED) is 0.312. The fraction of sp³-hybridized carbons (Fsp3) is 0.429. The lowest BCUT2D eigenvalue weighted by Gasteiger charge is -2.16. The lowest BCUT2D eigenvalue weighted by Crippen LogP contribution is -2.21. The van der Waals surface area contributed by atoms with Gasteiger partial charge < -0.3 is 15.1 Å². The van der Waals surface area contributed by atoms with Crippen molar-refractivity contribution in [2.45, 2.75) is 45.4 Å². The van der Waals surface area contributed by atoms with E-state index in [2.05, 4.69) is 62.3 Å². The molecule has 2 aliphatic heterocycles. The highest BCUT2D eigenvalue weighted by molar-refractivity contribution is 7.18. The monoisotopic (exact) mass is 499 g/mol. The minimum absolute atomic E-state index is 0.872. The van der Waals surface area contributed by atoms with Crippen LogP contribution in [0.25, 0.3) is 21.5 Å². The molecule has 0 aliphatic carbocycles. The molecule has 36 heavy (non-hydrogen) atoms. The van der Waals surface area contributed by atoms with E-state index >= 15 is 0 Å². The molecule has 0 radical (unpaired) electrons. The number of benzene rings is 1. The van der Waals surface area contributed by atoms with Crippen LogP contribution in [-0.4, -0.2) is 52.7 Å². The fourth-order valence-corrected chi connectivity index (χ4v) is 6.02. The number of nitrogens with zero attached hydrogens (tertiary/aromatic N) is 6. The van der Waals surface area contributed by atoms with Gasteiger partial charge in [-0.3, -0.25) is 4.98 Å². The first-order valence-corrected chi connectivity index (χ1v) is 14.0. The first kappa shape index (κ1) is 23.2.